The van der Waals surface area contributed by atoms with E-state index in [-0.39, 0.29) is 5.91 Å². The highest BCUT2D eigenvalue weighted by molar-refractivity contribution is 5.95. The van der Waals surface area contributed by atoms with Gasteiger partial charge in [0.05, 0.1) is 6.61 Å². The first-order valence-electron chi connectivity index (χ1n) is 8.84. The molecule has 0 radical (unpaired) electrons. The number of primary amides is 1. The van der Waals surface area contributed by atoms with Gasteiger partial charge in [-0.15, -0.1) is 0 Å². The van der Waals surface area contributed by atoms with E-state index in [2.05, 4.69) is 28.2 Å². The predicted molar refractivity (Wildman–Crippen MR) is 106 cm³/mol. The van der Waals surface area contributed by atoms with Crippen LogP contribution in [0.25, 0.3) is 10.9 Å². The van der Waals surface area contributed by atoms with E-state index in [1.165, 1.54) is 0 Å². The van der Waals surface area contributed by atoms with E-state index in [4.69, 9.17) is 10.5 Å². The van der Waals surface area contributed by atoms with Crippen LogP contribution in [0.1, 0.15) is 22.3 Å². The minimum Gasteiger partial charge on any atom is -0.383 e. The Balaban J connectivity index is 1.65. The van der Waals surface area contributed by atoms with Crippen molar-refractivity contribution in [3.8, 4) is 0 Å². The number of aryl methyl sites for hydroxylation is 1. The fourth-order valence-electron chi connectivity index (χ4n) is 3.09. The number of amides is 2. The van der Waals surface area contributed by atoms with Crippen molar-refractivity contribution in [3.05, 3.63) is 65.9 Å². The molecule has 27 heavy (non-hydrogen) atoms. The van der Waals surface area contributed by atoms with Crippen molar-refractivity contribution in [3.63, 3.8) is 0 Å². The summed E-state index contributed by atoms with van der Waals surface area (Å²) in [6, 6.07) is 14.7. The van der Waals surface area contributed by atoms with Crippen LogP contribution in [0.2, 0.25) is 0 Å². The second-order valence-corrected chi connectivity index (χ2v) is 6.35. The van der Waals surface area contributed by atoms with Gasteiger partial charge >= 0.3 is 0 Å². The third-order valence-corrected chi connectivity index (χ3v) is 4.48. The van der Waals surface area contributed by atoms with Crippen molar-refractivity contribution < 1.29 is 14.3 Å². The third kappa shape index (κ3) is 4.54. The zero-order valence-electron chi connectivity index (χ0n) is 15.3. The quantitative estimate of drug-likeness (QED) is 0.643. The van der Waals surface area contributed by atoms with Crippen LogP contribution in [0.3, 0.4) is 0 Å². The van der Waals surface area contributed by atoms with E-state index in [0.29, 0.717) is 30.7 Å². The molecule has 140 valence electrons. The predicted octanol–water partition coefficient (Wildman–Crippen LogP) is 2.96. The standard InChI is InChI=1S/C21H23N3O3/c1-27-13-12-24-14-16(18-4-2-3-5-19(18)24)8-11-20(25)23-17-9-6-15(7-10-17)21(22)26/h2-7,9-10,14H,8,11-13H2,1H3,(H2,22,26)(H,23,25). The number of rotatable bonds is 8. The minimum absolute atomic E-state index is 0.0736. The van der Waals surface area contributed by atoms with Crippen molar-refractivity contribution in [2.24, 2.45) is 5.73 Å². The maximum Gasteiger partial charge on any atom is 0.248 e. The van der Waals surface area contributed by atoms with Gasteiger partial charge in [0.25, 0.3) is 0 Å². The zero-order chi connectivity index (χ0) is 19.2. The first-order valence-corrected chi connectivity index (χ1v) is 8.84. The van der Waals surface area contributed by atoms with Crippen LogP contribution in [0.4, 0.5) is 5.69 Å². The molecule has 2 aromatic carbocycles. The summed E-state index contributed by atoms with van der Waals surface area (Å²) in [5.74, 6) is -0.562. The molecule has 1 aromatic heterocycles. The van der Waals surface area contributed by atoms with Crippen molar-refractivity contribution in [2.45, 2.75) is 19.4 Å². The molecule has 0 saturated carbocycles. The lowest BCUT2D eigenvalue weighted by molar-refractivity contribution is -0.116. The number of para-hydroxylation sites is 1. The monoisotopic (exact) mass is 365 g/mol. The van der Waals surface area contributed by atoms with E-state index in [1.54, 1.807) is 31.4 Å². The van der Waals surface area contributed by atoms with Crippen LogP contribution in [-0.2, 0) is 22.5 Å². The highest BCUT2D eigenvalue weighted by Crippen LogP contribution is 2.23. The Bertz CT molecular complexity index is 945. The van der Waals surface area contributed by atoms with Gasteiger partial charge in [0.2, 0.25) is 11.8 Å². The number of nitrogens with zero attached hydrogens (tertiary/aromatic N) is 1. The van der Waals surface area contributed by atoms with Crippen molar-refractivity contribution in [2.75, 3.05) is 19.0 Å². The number of fused-ring (bicyclic) bond motifs is 1. The summed E-state index contributed by atoms with van der Waals surface area (Å²) in [6.45, 7) is 1.41. The molecule has 0 atom stereocenters. The van der Waals surface area contributed by atoms with E-state index in [0.717, 1.165) is 23.0 Å². The molecule has 1 heterocycles. The number of benzene rings is 2. The molecule has 6 nitrogen and oxygen atoms in total. The van der Waals surface area contributed by atoms with Gasteiger partial charge in [0.1, 0.15) is 0 Å². The molecular weight excluding hydrogens is 342 g/mol. The Kier molecular flexibility index (Phi) is 5.88. The number of nitrogens with one attached hydrogen (secondary N) is 1. The van der Waals surface area contributed by atoms with Gasteiger partial charge in [-0.05, 0) is 42.3 Å². The molecule has 3 rings (SSSR count). The average Bonchev–Trinajstić information content (AvgIpc) is 3.03. The summed E-state index contributed by atoms with van der Waals surface area (Å²) < 4.78 is 7.34. The first kappa shape index (κ1) is 18.7. The molecule has 0 aliphatic carbocycles. The summed E-state index contributed by atoms with van der Waals surface area (Å²) in [5, 5.41) is 4.01. The molecular formula is C21H23N3O3. The molecule has 0 spiro atoms. The van der Waals surface area contributed by atoms with Gasteiger partial charge in [-0.2, -0.15) is 0 Å². The summed E-state index contributed by atoms with van der Waals surface area (Å²) >= 11 is 0. The van der Waals surface area contributed by atoms with Crippen molar-refractivity contribution in [1.29, 1.82) is 0 Å². The summed E-state index contributed by atoms with van der Waals surface area (Å²) in [5.41, 5.74) is 8.56. The Morgan fingerprint density at radius 3 is 2.56 bits per heavy atom. The number of anilines is 1. The Labute approximate surface area is 157 Å². The molecule has 0 saturated heterocycles. The van der Waals surface area contributed by atoms with Gasteiger partial charge in [-0.1, -0.05) is 18.2 Å². The summed E-state index contributed by atoms with van der Waals surface area (Å²) in [4.78, 5) is 23.4. The van der Waals surface area contributed by atoms with Crippen molar-refractivity contribution in [1.82, 2.24) is 4.57 Å². The second-order valence-electron chi connectivity index (χ2n) is 6.35. The smallest absolute Gasteiger partial charge is 0.248 e. The summed E-state index contributed by atoms with van der Waals surface area (Å²) in [7, 11) is 1.69. The first-order chi connectivity index (χ1) is 13.1. The molecule has 0 fully saturated rings. The Morgan fingerprint density at radius 2 is 1.85 bits per heavy atom. The number of carbonyl (C=O) groups excluding carboxylic acids is 2. The number of aromatic nitrogens is 1. The maximum atomic E-state index is 12.3. The van der Waals surface area contributed by atoms with Gasteiger partial charge < -0.3 is 20.4 Å². The molecule has 0 unspecified atom stereocenters. The van der Waals surface area contributed by atoms with Crippen LogP contribution in [0.15, 0.2) is 54.7 Å². The number of methoxy groups -OCH3 is 1. The molecule has 0 aliphatic heterocycles. The Hall–Kier alpha value is -3.12. The van der Waals surface area contributed by atoms with Crippen LogP contribution in [0.5, 0.6) is 0 Å². The fourth-order valence-corrected chi connectivity index (χ4v) is 3.09. The molecule has 3 aromatic rings. The number of hydrogen-bond donors (Lipinski definition) is 2. The lowest BCUT2D eigenvalue weighted by atomic mass is 10.1. The lowest BCUT2D eigenvalue weighted by Crippen LogP contribution is -2.13. The lowest BCUT2D eigenvalue weighted by Gasteiger charge is -2.05. The highest BCUT2D eigenvalue weighted by atomic mass is 16.5. The molecule has 6 heteroatoms. The van der Waals surface area contributed by atoms with E-state index in [9.17, 15) is 9.59 Å². The maximum absolute atomic E-state index is 12.3. The molecule has 0 bridgehead atoms. The van der Waals surface area contributed by atoms with Crippen LogP contribution >= 0.6 is 0 Å². The summed E-state index contributed by atoms with van der Waals surface area (Å²) in [6.07, 6.45) is 3.11. The van der Waals surface area contributed by atoms with E-state index in [1.807, 2.05) is 12.1 Å². The largest absolute Gasteiger partial charge is 0.383 e. The van der Waals surface area contributed by atoms with Crippen LogP contribution < -0.4 is 11.1 Å². The molecule has 2 amide bonds. The number of carbonyl (C=O) groups is 2. The highest BCUT2D eigenvalue weighted by Gasteiger charge is 2.10. The third-order valence-electron chi connectivity index (χ3n) is 4.48. The zero-order valence-corrected chi connectivity index (χ0v) is 15.3. The number of nitrogens with two attached hydrogens (primary N) is 1. The van der Waals surface area contributed by atoms with E-state index < -0.39 is 5.91 Å². The van der Waals surface area contributed by atoms with E-state index >= 15 is 0 Å². The fraction of sp³-hybridized carbons (Fsp3) is 0.238. The number of ether oxygens (including phenoxy) is 1. The number of hydrogen-bond acceptors (Lipinski definition) is 3. The normalized spacial score (nSPS) is 10.9. The van der Waals surface area contributed by atoms with Crippen LogP contribution in [-0.4, -0.2) is 30.1 Å². The molecule has 0 aliphatic rings. The molecule has 3 N–H and O–H groups in total. The SMILES string of the molecule is COCCn1cc(CCC(=O)Nc2ccc(C(N)=O)cc2)c2ccccc21. The van der Waals surface area contributed by atoms with Crippen LogP contribution in [0, 0.1) is 0 Å². The van der Waals surface area contributed by atoms with Gasteiger partial charge in [0.15, 0.2) is 0 Å². The minimum atomic E-state index is -0.488. The second kappa shape index (κ2) is 8.51. The van der Waals surface area contributed by atoms with Crippen molar-refractivity contribution >= 4 is 28.4 Å². The van der Waals surface area contributed by atoms with Gasteiger partial charge in [0, 0.05) is 48.4 Å². The van der Waals surface area contributed by atoms with Gasteiger partial charge in [-0.25, -0.2) is 0 Å². The topological polar surface area (TPSA) is 86.3 Å². The van der Waals surface area contributed by atoms with Gasteiger partial charge in [-0.3, -0.25) is 9.59 Å². The Morgan fingerprint density at radius 1 is 1.11 bits per heavy atom. The average molecular weight is 365 g/mol.